The smallest absolute Gasteiger partial charge is 0.227 e. The molecule has 0 aliphatic heterocycles. The first-order chi connectivity index (χ1) is 7.50. The molecule has 0 bridgehead atoms. The Balaban J connectivity index is 2.61. The number of rotatable bonds is 4. The summed E-state index contributed by atoms with van der Waals surface area (Å²) in [5.41, 5.74) is 2.02. The molecule has 88 valence electrons. The first kappa shape index (κ1) is 12.8. The molecule has 1 atom stereocenters. The second kappa shape index (κ2) is 5.69. The molecule has 1 aromatic rings. The van der Waals surface area contributed by atoms with Gasteiger partial charge in [0, 0.05) is 11.6 Å². The van der Waals surface area contributed by atoms with Gasteiger partial charge in [0.25, 0.3) is 0 Å². The van der Waals surface area contributed by atoms with Crippen molar-refractivity contribution >= 4 is 11.6 Å². The van der Waals surface area contributed by atoms with E-state index in [2.05, 4.69) is 19.2 Å². The van der Waals surface area contributed by atoms with E-state index in [0.29, 0.717) is 5.92 Å². The minimum absolute atomic E-state index is 0.0691. The van der Waals surface area contributed by atoms with Crippen molar-refractivity contribution in [2.24, 2.45) is 11.8 Å². The van der Waals surface area contributed by atoms with Crippen LogP contribution >= 0.6 is 0 Å². The van der Waals surface area contributed by atoms with Crippen LogP contribution in [-0.4, -0.2) is 5.91 Å². The third-order valence-corrected chi connectivity index (χ3v) is 2.68. The Bertz CT molecular complexity index is 358. The highest BCUT2D eigenvalue weighted by atomic mass is 16.1. The standard InChI is InChI=1S/C14H21NO/c1-10(2)9-12(4)14(16)15-13-8-6-5-7-11(13)3/h5-8,10,12H,9H2,1-4H3,(H,15,16). The summed E-state index contributed by atoms with van der Waals surface area (Å²) in [5.74, 6) is 0.736. The van der Waals surface area contributed by atoms with Crippen LogP contribution in [0.2, 0.25) is 0 Å². The van der Waals surface area contributed by atoms with Crippen LogP contribution in [0.15, 0.2) is 24.3 Å². The van der Waals surface area contributed by atoms with Crippen LogP contribution in [-0.2, 0) is 4.79 Å². The van der Waals surface area contributed by atoms with E-state index in [1.54, 1.807) is 0 Å². The van der Waals surface area contributed by atoms with Gasteiger partial charge in [-0.2, -0.15) is 0 Å². The number of carbonyl (C=O) groups is 1. The minimum Gasteiger partial charge on any atom is -0.326 e. The number of para-hydroxylation sites is 1. The van der Waals surface area contributed by atoms with E-state index in [-0.39, 0.29) is 11.8 Å². The maximum Gasteiger partial charge on any atom is 0.227 e. The molecule has 0 aliphatic carbocycles. The molecule has 2 heteroatoms. The predicted octanol–water partition coefficient (Wildman–Crippen LogP) is 3.62. The molecule has 1 rings (SSSR count). The summed E-state index contributed by atoms with van der Waals surface area (Å²) in [5, 5.41) is 2.98. The molecule has 0 spiro atoms. The Morgan fingerprint density at radius 3 is 2.44 bits per heavy atom. The molecule has 0 saturated carbocycles. The molecule has 0 aliphatic rings. The lowest BCUT2D eigenvalue weighted by Gasteiger charge is -2.15. The number of anilines is 1. The SMILES string of the molecule is Cc1ccccc1NC(=O)C(C)CC(C)C. The molecule has 0 fully saturated rings. The summed E-state index contributed by atoms with van der Waals surface area (Å²) in [6.45, 7) is 8.26. The summed E-state index contributed by atoms with van der Waals surface area (Å²) >= 11 is 0. The van der Waals surface area contributed by atoms with E-state index >= 15 is 0 Å². The van der Waals surface area contributed by atoms with Crippen molar-refractivity contribution in [3.63, 3.8) is 0 Å². The van der Waals surface area contributed by atoms with Crippen molar-refractivity contribution in [2.45, 2.75) is 34.1 Å². The normalized spacial score (nSPS) is 12.6. The van der Waals surface area contributed by atoms with E-state index in [4.69, 9.17) is 0 Å². The second-order valence-electron chi connectivity index (χ2n) is 4.83. The van der Waals surface area contributed by atoms with Gasteiger partial charge < -0.3 is 5.32 Å². The fourth-order valence-corrected chi connectivity index (χ4v) is 1.78. The predicted molar refractivity (Wildman–Crippen MR) is 68.4 cm³/mol. The molecule has 1 unspecified atom stereocenters. The van der Waals surface area contributed by atoms with Crippen LogP contribution < -0.4 is 5.32 Å². The zero-order valence-corrected chi connectivity index (χ0v) is 10.6. The highest BCUT2D eigenvalue weighted by Gasteiger charge is 2.14. The van der Waals surface area contributed by atoms with E-state index < -0.39 is 0 Å². The third kappa shape index (κ3) is 3.69. The molecule has 0 aromatic heterocycles. The van der Waals surface area contributed by atoms with Crippen molar-refractivity contribution in [1.29, 1.82) is 0 Å². The van der Waals surface area contributed by atoms with Gasteiger partial charge in [0.1, 0.15) is 0 Å². The van der Waals surface area contributed by atoms with E-state index in [1.165, 1.54) is 0 Å². The highest BCUT2D eigenvalue weighted by Crippen LogP contribution is 2.17. The van der Waals surface area contributed by atoms with Crippen LogP contribution in [0, 0.1) is 18.8 Å². The lowest BCUT2D eigenvalue weighted by atomic mass is 9.98. The van der Waals surface area contributed by atoms with E-state index in [0.717, 1.165) is 17.7 Å². The Hall–Kier alpha value is -1.31. The first-order valence-electron chi connectivity index (χ1n) is 5.87. The number of carbonyl (C=O) groups excluding carboxylic acids is 1. The zero-order valence-electron chi connectivity index (χ0n) is 10.6. The minimum atomic E-state index is 0.0691. The lowest BCUT2D eigenvalue weighted by Crippen LogP contribution is -2.22. The van der Waals surface area contributed by atoms with Gasteiger partial charge in [-0.1, -0.05) is 39.0 Å². The first-order valence-corrected chi connectivity index (χ1v) is 5.87. The van der Waals surface area contributed by atoms with Crippen LogP contribution in [0.4, 0.5) is 5.69 Å². The van der Waals surface area contributed by atoms with Gasteiger partial charge in [0.2, 0.25) is 5.91 Å². The fraction of sp³-hybridized carbons (Fsp3) is 0.500. The van der Waals surface area contributed by atoms with E-state index in [9.17, 15) is 4.79 Å². The van der Waals surface area contributed by atoms with Crippen molar-refractivity contribution in [1.82, 2.24) is 0 Å². The van der Waals surface area contributed by atoms with Crippen molar-refractivity contribution in [3.05, 3.63) is 29.8 Å². The van der Waals surface area contributed by atoms with Crippen LogP contribution in [0.5, 0.6) is 0 Å². The molecule has 1 aromatic carbocycles. The molecule has 1 amide bonds. The molecule has 2 nitrogen and oxygen atoms in total. The zero-order chi connectivity index (χ0) is 12.1. The van der Waals surface area contributed by atoms with Gasteiger partial charge in [-0.05, 0) is 30.9 Å². The van der Waals surface area contributed by atoms with Gasteiger partial charge in [-0.15, -0.1) is 0 Å². The Labute approximate surface area is 98.1 Å². The maximum absolute atomic E-state index is 11.9. The molecular weight excluding hydrogens is 198 g/mol. The molecule has 0 heterocycles. The number of hydrogen-bond acceptors (Lipinski definition) is 1. The second-order valence-corrected chi connectivity index (χ2v) is 4.83. The van der Waals surface area contributed by atoms with Crippen LogP contribution in [0.25, 0.3) is 0 Å². The number of nitrogens with one attached hydrogen (secondary N) is 1. The van der Waals surface area contributed by atoms with Crippen molar-refractivity contribution < 1.29 is 4.79 Å². The summed E-state index contributed by atoms with van der Waals surface area (Å²) in [6.07, 6.45) is 0.928. The van der Waals surface area contributed by atoms with Gasteiger partial charge >= 0.3 is 0 Å². The summed E-state index contributed by atoms with van der Waals surface area (Å²) in [6, 6.07) is 7.86. The monoisotopic (exact) mass is 219 g/mol. The van der Waals surface area contributed by atoms with Crippen molar-refractivity contribution in [3.8, 4) is 0 Å². The number of benzene rings is 1. The Morgan fingerprint density at radius 2 is 1.88 bits per heavy atom. The summed E-state index contributed by atoms with van der Waals surface area (Å²) in [4.78, 5) is 11.9. The number of hydrogen-bond donors (Lipinski definition) is 1. The highest BCUT2D eigenvalue weighted by molar-refractivity contribution is 5.92. The lowest BCUT2D eigenvalue weighted by molar-refractivity contribution is -0.119. The molecular formula is C14H21NO. The Kier molecular flexibility index (Phi) is 4.53. The summed E-state index contributed by atoms with van der Waals surface area (Å²) < 4.78 is 0. The largest absolute Gasteiger partial charge is 0.326 e. The number of amides is 1. The number of aryl methyl sites for hydroxylation is 1. The third-order valence-electron chi connectivity index (χ3n) is 2.68. The average Bonchev–Trinajstić information content (AvgIpc) is 2.20. The van der Waals surface area contributed by atoms with Gasteiger partial charge in [-0.25, -0.2) is 0 Å². The molecule has 16 heavy (non-hydrogen) atoms. The average molecular weight is 219 g/mol. The maximum atomic E-state index is 11.9. The van der Waals surface area contributed by atoms with Crippen molar-refractivity contribution in [2.75, 3.05) is 5.32 Å². The fourth-order valence-electron chi connectivity index (χ4n) is 1.78. The van der Waals surface area contributed by atoms with Gasteiger partial charge in [0.15, 0.2) is 0 Å². The summed E-state index contributed by atoms with van der Waals surface area (Å²) in [7, 11) is 0. The van der Waals surface area contributed by atoms with Gasteiger partial charge in [0.05, 0.1) is 0 Å². The van der Waals surface area contributed by atoms with Gasteiger partial charge in [-0.3, -0.25) is 4.79 Å². The molecule has 0 saturated heterocycles. The molecule has 1 N–H and O–H groups in total. The van der Waals surface area contributed by atoms with Crippen LogP contribution in [0.1, 0.15) is 32.8 Å². The van der Waals surface area contributed by atoms with Crippen LogP contribution in [0.3, 0.4) is 0 Å². The quantitative estimate of drug-likeness (QED) is 0.823. The Morgan fingerprint density at radius 1 is 1.25 bits per heavy atom. The topological polar surface area (TPSA) is 29.1 Å². The van der Waals surface area contributed by atoms with E-state index in [1.807, 2.05) is 38.1 Å². The molecule has 0 radical (unpaired) electrons.